The highest BCUT2D eigenvalue weighted by atomic mass is 19.3. The molecule has 0 saturated carbocycles. The molecule has 3 nitrogen and oxygen atoms in total. The van der Waals surface area contributed by atoms with E-state index in [1.54, 1.807) is 0 Å². The summed E-state index contributed by atoms with van der Waals surface area (Å²) in [5.74, 6) is -4.71. The lowest BCUT2D eigenvalue weighted by molar-refractivity contribution is -0.143. The van der Waals surface area contributed by atoms with Crippen LogP contribution in [-0.2, 0) is 4.79 Å². The zero-order valence-electron chi connectivity index (χ0n) is 5.53. The van der Waals surface area contributed by atoms with E-state index in [9.17, 15) is 13.6 Å². The third-order valence-corrected chi connectivity index (χ3v) is 0.796. The summed E-state index contributed by atoms with van der Waals surface area (Å²) in [6, 6.07) is 0. The van der Waals surface area contributed by atoms with E-state index in [1.807, 2.05) is 5.32 Å². The Kier molecular flexibility index (Phi) is 3.21. The van der Waals surface area contributed by atoms with Crippen LogP contribution in [0.25, 0.3) is 0 Å². The minimum Gasteiger partial charge on any atom is -0.395 e. The normalized spacial score (nSPS) is 11.2. The molecule has 0 aliphatic rings. The highest BCUT2D eigenvalue weighted by Gasteiger charge is 2.31. The smallest absolute Gasteiger partial charge is 0.321 e. The molecule has 0 aromatic rings. The van der Waals surface area contributed by atoms with Crippen LogP contribution in [0.1, 0.15) is 6.92 Å². The Hall–Kier alpha value is -0.710. The molecular weight excluding hydrogens is 144 g/mol. The van der Waals surface area contributed by atoms with E-state index >= 15 is 0 Å². The van der Waals surface area contributed by atoms with Gasteiger partial charge in [0.1, 0.15) is 0 Å². The van der Waals surface area contributed by atoms with Crippen LogP contribution in [0.2, 0.25) is 0 Å². The van der Waals surface area contributed by atoms with Crippen molar-refractivity contribution in [3.63, 3.8) is 0 Å². The summed E-state index contributed by atoms with van der Waals surface area (Å²) in [6.45, 7) is 0.0315. The number of halogens is 2. The maximum Gasteiger partial charge on any atom is 0.321 e. The molecule has 60 valence electrons. The van der Waals surface area contributed by atoms with Crippen molar-refractivity contribution in [2.75, 3.05) is 13.2 Å². The lowest BCUT2D eigenvalue weighted by Gasteiger charge is -2.08. The van der Waals surface area contributed by atoms with E-state index in [4.69, 9.17) is 5.11 Å². The van der Waals surface area contributed by atoms with Crippen LogP contribution in [0, 0.1) is 0 Å². The third kappa shape index (κ3) is 3.34. The fourth-order valence-corrected chi connectivity index (χ4v) is 0.325. The van der Waals surface area contributed by atoms with E-state index < -0.39 is 11.8 Å². The molecule has 2 N–H and O–H groups in total. The second kappa shape index (κ2) is 3.46. The minimum atomic E-state index is -3.35. The Balaban J connectivity index is 3.64. The Labute approximate surface area is 57.0 Å². The van der Waals surface area contributed by atoms with Crippen molar-refractivity contribution in [3.8, 4) is 0 Å². The molecule has 0 fully saturated rings. The second-order valence-electron chi connectivity index (χ2n) is 1.87. The average Bonchev–Trinajstić information content (AvgIpc) is 1.80. The number of rotatable bonds is 3. The molecule has 10 heavy (non-hydrogen) atoms. The lowest BCUT2D eigenvalue weighted by atomic mass is 10.3. The molecular formula is C5H9F2NO2. The molecule has 0 aliphatic heterocycles. The summed E-state index contributed by atoms with van der Waals surface area (Å²) in [4.78, 5) is 10.3. The van der Waals surface area contributed by atoms with Gasteiger partial charge in [-0.15, -0.1) is 0 Å². The first-order valence-electron chi connectivity index (χ1n) is 2.75. The predicted molar refractivity (Wildman–Crippen MR) is 30.7 cm³/mol. The third-order valence-electron chi connectivity index (χ3n) is 0.796. The van der Waals surface area contributed by atoms with E-state index in [0.29, 0.717) is 6.92 Å². The summed E-state index contributed by atoms with van der Waals surface area (Å²) < 4.78 is 23.9. The molecule has 0 rings (SSSR count). The summed E-state index contributed by atoms with van der Waals surface area (Å²) in [5, 5.41) is 9.95. The summed E-state index contributed by atoms with van der Waals surface area (Å²) >= 11 is 0. The number of aliphatic hydroxyl groups is 1. The largest absolute Gasteiger partial charge is 0.395 e. The van der Waals surface area contributed by atoms with Gasteiger partial charge < -0.3 is 10.4 Å². The van der Waals surface area contributed by atoms with Crippen LogP contribution in [0.4, 0.5) is 8.78 Å². The number of carbonyl (C=O) groups is 1. The van der Waals surface area contributed by atoms with Crippen LogP contribution < -0.4 is 5.32 Å². The van der Waals surface area contributed by atoms with Crippen molar-refractivity contribution in [3.05, 3.63) is 0 Å². The van der Waals surface area contributed by atoms with Gasteiger partial charge in [-0.25, -0.2) is 0 Å². The Morgan fingerprint density at radius 1 is 1.70 bits per heavy atom. The number of alkyl halides is 2. The van der Waals surface area contributed by atoms with Gasteiger partial charge >= 0.3 is 5.92 Å². The number of hydrogen-bond donors (Lipinski definition) is 2. The van der Waals surface area contributed by atoms with Crippen LogP contribution in [0.15, 0.2) is 0 Å². The van der Waals surface area contributed by atoms with Gasteiger partial charge in [0.25, 0.3) is 5.91 Å². The van der Waals surface area contributed by atoms with Gasteiger partial charge in [-0.05, 0) is 0 Å². The fourth-order valence-electron chi connectivity index (χ4n) is 0.325. The van der Waals surface area contributed by atoms with E-state index in [0.717, 1.165) is 0 Å². The van der Waals surface area contributed by atoms with Gasteiger partial charge in [0.05, 0.1) is 6.61 Å². The Morgan fingerprint density at radius 2 is 2.20 bits per heavy atom. The zero-order valence-corrected chi connectivity index (χ0v) is 5.53. The first-order valence-corrected chi connectivity index (χ1v) is 2.75. The molecule has 0 radical (unpaired) electrons. The maximum absolute atomic E-state index is 11.9. The fraction of sp³-hybridized carbons (Fsp3) is 0.800. The topological polar surface area (TPSA) is 49.3 Å². The monoisotopic (exact) mass is 153 g/mol. The van der Waals surface area contributed by atoms with E-state index in [-0.39, 0.29) is 13.2 Å². The summed E-state index contributed by atoms with van der Waals surface area (Å²) in [7, 11) is 0. The van der Waals surface area contributed by atoms with Gasteiger partial charge in [-0.3, -0.25) is 4.79 Å². The van der Waals surface area contributed by atoms with Crippen LogP contribution in [0.5, 0.6) is 0 Å². The van der Waals surface area contributed by atoms with Crippen molar-refractivity contribution in [2.24, 2.45) is 0 Å². The van der Waals surface area contributed by atoms with Gasteiger partial charge in [0.2, 0.25) is 0 Å². The van der Waals surface area contributed by atoms with Crippen molar-refractivity contribution in [1.29, 1.82) is 0 Å². The number of carbonyl (C=O) groups excluding carboxylic acids is 1. The molecule has 0 atom stereocenters. The highest BCUT2D eigenvalue weighted by molar-refractivity contribution is 5.82. The number of aliphatic hydroxyl groups excluding tert-OH is 1. The van der Waals surface area contributed by atoms with Crippen molar-refractivity contribution in [1.82, 2.24) is 5.32 Å². The second-order valence-corrected chi connectivity index (χ2v) is 1.87. The summed E-state index contributed by atoms with van der Waals surface area (Å²) in [6.07, 6.45) is 0. The van der Waals surface area contributed by atoms with E-state index in [2.05, 4.69) is 0 Å². The van der Waals surface area contributed by atoms with Crippen LogP contribution >= 0.6 is 0 Å². The molecule has 0 spiro atoms. The van der Waals surface area contributed by atoms with Crippen LogP contribution in [-0.4, -0.2) is 30.1 Å². The molecule has 0 heterocycles. The molecule has 0 bridgehead atoms. The molecule has 0 aromatic carbocycles. The SMILES string of the molecule is CC(F)(F)C(=O)NCCO. The lowest BCUT2D eigenvalue weighted by Crippen LogP contribution is -2.39. The first kappa shape index (κ1) is 9.29. The van der Waals surface area contributed by atoms with Gasteiger partial charge in [0, 0.05) is 13.5 Å². The van der Waals surface area contributed by atoms with Crippen molar-refractivity contribution in [2.45, 2.75) is 12.8 Å². The Bertz CT molecular complexity index is 121. The Morgan fingerprint density at radius 3 is 2.50 bits per heavy atom. The van der Waals surface area contributed by atoms with Crippen LogP contribution in [0.3, 0.4) is 0 Å². The summed E-state index contributed by atoms with van der Waals surface area (Å²) in [5.41, 5.74) is 0. The zero-order chi connectivity index (χ0) is 8.20. The predicted octanol–water partition coefficient (Wildman–Crippen LogP) is -0.250. The molecule has 0 aliphatic carbocycles. The van der Waals surface area contributed by atoms with Gasteiger partial charge in [-0.2, -0.15) is 8.78 Å². The van der Waals surface area contributed by atoms with Gasteiger partial charge in [0.15, 0.2) is 0 Å². The number of hydrogen-bond acceptors (Lipinski definition) is 2. The molecule has 0 saturated heterocycles. The first-order chi connectivity index (χ1) is 4.48. The van der Waals surface area contributed by atoms with Gasteiger partial charge in [-0.1, -0.05) is 0 Å². The molecule has 0 aromatic heterocycles. The minimum absolute atomic E-state index is 0.137. The number of nitrogens with one attached hydrogen (secondary N) is 1. The molecule has 1 amide bonds. The average molecular weight is 153 g/mol. The number of amides is 1. The molecule has 5 heteroatoms. The van der Waals surface area contributed by atoms with Crippen molar-refractivity contribution < 1.29 is 18.7 Å². The quantitative estimate of drug-likeness (QED) is 0.587. The standard InChI is InChI=1S/C5H9F2NO2/c1-5(6,7)4(10)8-2-3-9/h9H,2-3H2,1H3,(H,8,10). The van der Waals surface area contributed by atoms with Crippen molar-refractivity contribution >= 4 is 5.91 Å². The highest BCUT2D eigenvalue weighted by Crippen LogP contribution is 2.10. The van der Waals surface area contributed by atoms with E-state index in [1.165, 1.54) is 0 Å². The maximum atomic E-state index is 11.9. The molecule has 0 unspecified atom stereocenters.